The van der Waals surface area contributed by atoms with E-state index in [0.717, 1.165) is 17.1 Å². The minimum absolute atomic E-state index is 0.260. The van der Waals surface area contributed by atoms with Gasteiger partial charge in [-0.1, -0.05) is 212 Å². The molecule has 0 saturated carbocycles. The van der Waals surface area contributed by atoms with Gasteiger partial charge in [0.15, 0.2) is 0 Å². The lowest BCUT2D eigenvalue weighted by Crippen LogP contribution is -2.33. The highest BCUT2D eigenvalue weighted by atomic mass is 15.1. The van der Waals surface area contributed by atoms with Gasteiger partial charge >= 0.3 is 0 Å². The molecule has 0 fully saturated rings. The Morgan fingerprint density at radius 3 is 1.73 bits per heavy atom. The van der Waals surface area contributed by atoms with Gasteiger partial charge in [-0.3, -0.25) is 0 Å². The fourth-order valence-electron chi connectivity index (χ4n) is 11.7. The molecule has 64 heavy (non-hydrogen) atoms. The van der Waals surface area contributed by atoms with Crippen LogP contribution in [0.25, 0.3) is 66.1 Å². The molecule has 2 atom stereocenters. The molecule has 300 valence electrons. The predicted molar refractivity (Wildman–Crippen MR) is 269 cm³/mol. The van der Waals surface area contributed by atoms with Crippen molar-refractivity contribution in [3.63, 3.8) is 0 Å². The molecule has 3 aliphatic rings. The first-order chi connectivity index (χ1) is 31.8. The van der Waals surface area contributed by atoms with Gasteiger partial charge < -0.3 is 4.90 Å². The molecular weight excluding hydrogens is 771 g/mol. The van der Waals surface area contributed by atoms with Crippen LogP contribution in [0.3, 0.4) is 0 Å². The van der Waals surface area contributed by atoms with Crippen molar-refractivity contribution >= 4 is 38.6 Å². The quantitative estimate of drug-likeness (QED) is 0.162. The van der Waals surface area contributed by atoms with Crippen LogP contribution < -0.4 is 4.90 Å². The van der Waals surface area contributed by atoms with Crippen molar-refractivity contribution in [1.82, 2.24) is 0 Å². The van der Waals surface area contributed by atoms with E-state index in [0.29, 0.717) is 0 Å². The topological polar surface area (TPSA) is 3.24 Å². The van der Waals surface area contributed by atoms with Crippen LogP contribution in [0.2, 0.25) is 0 Å². The van der Waals surface area contributed by atoms with Gasteiger partial charge in [-0.05, 0) is 125 Å². The van der Waals surface area contributed by atoms with Gasteiger partial charge in [0.1, 0.15) is 0 Å². The number of hydrogen-bond acceptors (Lipinski definition) is 1. The smallest absolute Gasteiger partial charge is 0.0538 e. The van der Waals surface area contributed by atoms with Crippen molar-refractivity contribution in [3.05, 3.63) is 271 Å². The Hall–Kier alpha value is -8.00. The van der Waals surface area contributed by atoms with E-state index in [1.165, 1.54) is 88.3 Å². The lowest BCUT2D eigenvalue weighted by atomic mass is 9.65. The Bertz CT molecular complexity index is 3470. The summed E-state index contributed by atoms with van der Waals surface area (Å²) in [5.74, 6) is 0.534. The average Bonchev–Trinajstić information content (AvgIpc) is 3.84. The van der Waals surface area contributed by atoms with E-state index in [4.69, 9.17) is 0 Å². The number of benzene rings is 10. The van der Waals surface area contributed by atoms with Gasteiger partial charge in [-0.15, -0.1) is 0 Å². The predicted octanol–water partition coefficient (Wildman–Crippen LogP) is 16.6. The second kappa shape index (κ2) is 14.5. The normalized spacial score (nSPS) is 16.1. The molecule has 1 spiro atoms. The number of fused-ring (bicyclic) bond motifs is 12. The molecule has 13 rings (SSSR count). The average molecular weight is 814 g/mol. The lowest BCUT2D eigenvalue weighted by Gasteiger charge is -2.36. The highest BCUT2D eigenvalue weighted by Crippen LogP contribution is 2.65. The van der Waals surface area contributed by atoms with Crippen LogP contribution in [0.1, 0.15) is 28.2 Å². The summed E-state index contributed by atoms with van der Waals surface area (Å²) in [6.45, 7) is 0. The maximum Gasteiger partial charge on any atom is 0.0538 e. The standard InChI is InChI=1S/C63H43N/c1-2-18-45(19-3-1)62-52-24-7-5-17-43(52)34-38-53(62)44-32-35-47(36-33-44)64(48-22-14-21-46(40-48)51-28-15-20-42-16-4-6-23-50(42)51)49-37-39-57-56-27-10-13-31-60(56)63(61(57)41-49)58-29-11-8-25-54(58)55-26-9-12-30-59(55)63/h1-41,56,60H. The zero-order chi connectivity index (χ0) is 42.2. The van der Waals surface area contributed by atoms with Crippen molar-refractivity contribution in [3.8, 4) is 44.5 Å². The molecule has 2 unspecified atom stereocenters. The Balaban J connectivity index is 1.02. The summed E-state index contributed by atoms with van der Waals surface area (Å²) in [5.41, 5.74) is 18.7. The molecule has 1 nitrogen and oxygen atoms in total. The van der Waals surface area contributed by atoms with Gasteiger partial charge in [0.2, 0.25) is 0 Å². The monoisotopic (exact) mass is 813 g/mol. The first kappa shape index (κ1) is 36.6. The Morgan fingerprint density at radius 1 is 0.344 bits per heavy atom. The third kappa shape index (κ3) is 5.44. The molecule has 0 bridgehead atoms. The van der Waals surface area contributed by atoms with Crippen LogP contribution in [0.5, 0.6) is 0 Å². The maximum atomic E-state index is 2.53. The van der Waals surface area contributed by atoms with Crippen molar-refractivity contribution in [2.24, 2.45) is 5.92 Å². The maximum absolute atomic E-state index is 2.53. The molecule has 0 N–H and O–H groups in total. The van der Waals surface area contributed by atoms with E-state index in [2.05, 4.69) is 254 Å². The molecule has 0 aliphatic heterocycles. The first-order valence-electron chi connectivity index (χ1n) is 22.5. The highest BCUT2D eigenvalue weighted by molar-refractivity contribution is 6.04. The largest absolute Gasteiger partial charge is 0.310 e. The second-order valence-electron chi connectivity index (χ2n) is 17.5. The number of anilines is 3. The fourth-order valence-corrected chi connectivity index (χ4v) is 11.7. The Kier molecular flexibility index (Phi) is 8.33. The molecule has 10 aromatic carbocycles. The van der Waals surface area contributed by atoms with E-state index >= 15 is 0 Å². The number of rotatable bonds is 6. The fraction of sp³-hybridized carbons (Fsp3) is 0.0476. The van der Waals surface area contributed by atoms with Gasteiger partial charge in [0.25, 0.3) is 0 Å². The summed E-state index contributed by atoms with van der Waals surface area (Å²) in [6.07, 6.45) is 9.42. The van der Waals surface area contributed by atoms with Crippen LogP contribution in [-0.4, -0.2) is 0 Å². The van der Waals surface area contributed by atoms with E-state index in [-0.39, 0.29) is 17.3 Å². The van der Waals surface area contributed by atoms with Crippen molar-refractivity contribution < 1.29 is 0 Å². The van der Waals surface area contributed by atoms with E-state index < -0.39 is 0 Å². The van der Waals surface area contributed by atoms with Crippen LogP contribution in [0.4, 0.5) is 17.1 Å². The first-order valence-corrected chi connectivity index (χ1v) is 22.5. The number of nitrogens with zero attached hydrogens (tertiary/aromatic N) is 1. The van der Waals surface area contributed by atoms with Crippen LogP contribution in [0, 0.1) is 5.92 Å². The highest BCUT2D eigenvalue weighted by Gasteiger charge is 2.57. The third-order valence-corrected chi connectivity index (χ3v) is 14.3. The molecule has 0 radical (unpaired) electrons. The Morgan fingerprint density at radius 2 is 0.938 bits per heavy atom. The molecule has 0 amide bonds. The van der Waals surface area contributed by atoms with Gasteiger partial charge in [-0.2, -0.15) is 0 Å². The molecule has 0 heterocycles. The van der Waals surface area contributed by atoms with Crippen molar-refractivity contribution in [1.29, 1.82) is 0 Å². The molecule has 1 heteroatoms. The van der Waals surface area contributed by atoms with E-state index in [1.54, 1.807) is 0 Å². The SMILES string of the molecule is C1=CC2c3ccc(N(c4ccc(-c5ccc6ccccc6c5-c5ccccc5)cc4)c4cccc(-c5cccc6ccccc56)c4)cc3C3(c4ccccc4-c4ccccc43)C2C=C1. The summed E-state index contributed by atoms with van der Waals surface area (Å²) in [4.78, 5) is 2.48. The van der Waals surface area contributed by atoms with E-state index in [9.17, 15) is 0 Å². The number of allylic oxidation sites excluding steroid dienone is 4. The van der Waals surface area contributed by atoms with Crippen LogP contribution >= 0.6 is 0 Å². The summed E-state index contributed by atoms with van der Waals surface area (Å²) in [7, 11) is 0. The number of hydrogen-bond donors (Lipinski definition) is 0. The molecule has 0 aromatic heterocycles. The minimum atomic E-state index is -0.325. The van der Waals surface area contributed by atoms with Crippen molar-refractivity contribution in [2.45, 2.75) is 11.3 Å². The second-order valence-corrected chi connectivity index (χ2v) is 17.5. The van der Waals surface area contributed by atoms with Gasteiger partial charge in [0, 0.05) is 28.9 Å². The van der Waals surface area contributed by atoms with E-state index in [1.807, 2.05) is 0 Å². The summed E-state index contributed by atoms with van der Waals surface area (Å²) >= 11 is 0. The Labute approximate surface area is 374 Å². The summed E-state index contributed by atoms with van der Waals surface area (Å²) < 4.78 is 0. The molecule has 3 aliphatic carbocycles. The molecular formula is C63H43N. The summed E-state index contributed by atoms with van der Waals surface area (Å²) in [6, 6.07) is 83.5. The molecule has 10 aromatic rings. The van der Waals surface area contributed by atoms with Crippen molar-refractivity contribution in [2.75, 3.05) is 4.90 Å². The minimum Gasteiger partial charge on any atom is -0.310 e. The lowest BCUT2D eigenvalue weighted by molar-refractivity contribution is 0.465. The van der Waals surface area contributed by atoms with Crippen LogP contribution in [-0.2, 0) is 5.41 Å². The zero-order valence-corrected chi connectivity index (χ0v) is 35.3. The third-order valence-electron chi connectivity index (χ3n) is 14.3. The van der Waals surface area contributed by atoms with Crippen LogP contribution in [0.15, 0.2) is 249 Å². The van der Waals surface area contributed by atoms with Gasteiger partial charge in [0.05, 0.1) is 5.41 Å². The summed E-state index contributed by atoms with van der Waals surface area (Å²) in [5, 5.41) is 5.00. The zero-order valence-electron chi connectivity index (χ0n) is 35.3. The molecule has 0 saturated heterocycles. The van der Waals surface area contributed by atoms with Gasteiger partial charge in [-0.25, -0.2) is 0 Å².